The molecular weight excluding hydrogens is 226 g/mol. The molecule has 0 saturated carbocycles. The van der Waals surface area contributed by atoms with Crippen molar-refractivity contribution in [1.82, 2.24) is 5.32 Å². The van der Waals surface area contributed by atoms with Crippen molar-refractivity contribution >= 4 is 6.09 Å². The molecule has 0 aliphatic carbocycles. The molecule has 100 valence electrons. The van der Waals surface area contributed by atoms with Crippen LogP contribution in [0.4, 0.5) is 4.79 Å². The SMILES string of the molecule is CCC(C)CC.O=C1N[C@@H](c2ccccc2)CO1. The number of carbonyl (C=O) groups excluding carboxylic acids is 1. The Kier molecular flexibility index (Phi) is 6.26. The molecule has 1 amide bonds. The Morgan fingerprint density at radius 2 is 1.89 bits per heavy atom. The van der Waals surface area contributed by atoms with E-state index in [1.54, 1.807) is 0 Å². The van der Waals surface area contributed by atoms with Crippen LogP contribution < -0.4 is 5.32 Å². The van der Waals surface area contributed by atoms with Crippen LogP contribution in [0, 0.1) is 5.92 Å². The van der Waals surface area contributed by atoms with E-state index in [1.165, 1.54) is 12.8 Å². The molecule has 1 aromatic carbocycles. The van der Waals surface area contributed by atoms with Gasteiger partial charge >= 0.3 is 6.09 Å². The molecule has 1 atom stereocenters. The number of amides is 1. The predicted molar refractivity (Wildman–Crippen MR) is 73.4 cm³/mol. The van der Waals surface area contributed by atoms with Gasteiger partial charge in [0.2, 0.25) is 0 Å². The van der Waals surface area contributed by atoms with Gasteiger partial charge in [0.1, 0.15) is 6.61 Å². The van der Waals surface area contributed by atoms with Gasteiger partial charge in [-0.2, -0.15) is 0 Å². The van der Waals surface area contributed by atoms with Crippen molar-refractivity contribution in [2.75, 3.05) is 6.61 Å². The number of benzene rings is 1. The molecule has 0 radical (unpaired) electrons. The normalized spacial score (nSPS) is 17.8. The van der Waals surface area contributed by atoms with E-state index in [4.69, 9.17) is 4.74 Å². The molecule has 1 aliphatic heterocycles. The van der Waals surface area contributed by atoms with Crippen LogP contribution in [-0.2, 0) is 4.74 Å². The molecule has 1 fully saturated rings. The number of hydrogen-bond donors (Lipinski definition) is 1. The van der Waals surface area contributed by atoms with Crippen LogP contribution in [0.5, 0.6) is 0 Å². The summed E-state index contributed by atoms with van der Waals surface area (Å²) in [5.74, 6) is 0.935. The van der Waals surface area contributed by atoms with Crippen molar-refractivity contribution in [3.05, 3.63) is 35.9 Å². The third-order valence-corrected chi connectivity index (χ3v) is 3.27. The number of hydrogen-bond acceptors (Lipinski definition) is 2. The smallest absolute Gasteiger partial charge is 0.407 e. The summed E-state index contributed by atoms with van der Waals surface area (Å²) in [6.45, 7) is 7.17. The van der Waals surface area contributed by atoms with Gasteiger partial charge in [0.05, 0.1) is 6.04 Å². The Balaban J connectivity index is 0.000000232. The third kappa shape index (κ3) is 4.78. The molecule has 1 saturated heterocycles. The molecular formula is C15H23NO2. The Hall–Kier alpha value is -1.51. The zero-order chi connectivity index (χ0) is 13.4. The summed E-state index contributed by atoms with van der Waals surface area (Å²) < 4.78 is 4.77. The lowest BCUT2D eigenvalue weighted by molar-refractivity contribution is 0.177. The van der Waals surface area contributed by atoms with Gasteiger partial charge in [0.15, 0.2) is 0 Å². The Morgan fingerprint density at radius 3 is 2.28 bits per heavy atom. The van der Waals surface area contributed by atoms with Crippen molar-refractivity contribution < 1.29 is 9.53 Å². The predicted octanol–water partition coefficient (Wildman–Crippen LogP) is 3.91. The third-order valence-electron chi connectivity index (χ3n) is 3.27. The van der Waals surface area contributed by atoms with E-state index in [1.807, 2.05) is 30.3 Å². The van der Waals surface area contributed by atoms with Crippen molar-refractivity contribution in [3.63, 3.8) is 0 Å². The van der Waals surface area contributed by atoms with E-state index in [2.05, 4.69) is 26.1 Å². The standard InChI is InChI=1S/C9H9NO2.C6H14/c11-9-10-8(6-12-9)7-4-2-1-3-5-7;1-4-6(3)5-2/h1-5,8H,6H2,(H,10,11);6H,4-5H2,1-3H3/t8-;/m1./s1. The van der Waals surface area contributed by atoms with Gasteiger partial charge in [0.25, 0.3) is 0 Å². The van der Waals surface area contributed by atoms with Gasteiger partial charge < -0.3 is 10.1 Å². The molecule has 1 N–H and O–H groups in total. The summed E-state index contributed by atoms with van der Waals surface area (Å²) in [6.07, 6.45) is 2.33. The second-order valence-corrected chi connectivity index (χ2v) is 4.63. The second kappa shape index (κ2) is 7.75. The van der Waals surface area contributed by atoms with Crippen LogP contribution in [0.3, 0.4) is 0 Å². The van der Waals surface area contributed by atoms with E-state index in [0.717, 1.165) is 11.5 Å². The van der Waals surface area contributed by atoms with Crippen LogP contribution >= 0.6 is 0 Å². The summed E-state index contributed by atoms with van der Waals surface area (Å²) >= 11 is 0. The minimum atomic E-state index is -0.330. The summed E-state index contributed by atoms with van der Waals surface area (Å²) in [5, 5.41) is 2.71. The molecule has 3 nitrogen and oxygen atoms in total. The number of rotatable bonds is 3. The molecule has 0 spiro atoms. The lowest BCUT2D eigenvalue weighted by atomic mass is 10.1. The zero-order valence-corrected chi connectivity index (χ0v) is 11.5. The molecule has 1 aromatic rings. The van der Waals surface area contributed by atoms with E-state index in [-0.39, 0.29) is 12.1 Å². The van der Waals surface area contributed by atoms with Gasteiger partial charge in [-0.15, -0.1) is 0 Å². The largest absolute Gasteiger partial charge is 0.447 e. The summed E-state index contributed by atoms with van der Waals surface area (Å²) in [4.78, 5) is 10.7. The van der Waals surface area contributed by atoms with Crippen molar-refractivity contribution in [3.8, 4) is 0 Å². The minimum Gasteiger partial charge on any atom is -0.447 e. The highest BCUT2D eigenvalue weighted by Crippen LogP contribution is 2.16. The number of ether oxygens (including phenoxy) is 1. The van der Waals surface area contributed by atoms with Crippen LogP contribution in [0.15, 0.2) is 30.3 Å². The molecule has 18 heavy (non-hydrogen) atoms. The van der Waals surface area contributed by atoms with Gasteiger partial charge in [-0.1, -0.05) is 63.9 Å². The highest BCUT2D eigenvalue weighted by Gasteiger charge is 2.22. The average molecular weight is 249 g/mol. The first-order chi connectivity index (χ1) is 8.67. The molecule has 2 rings (SSSR count). The van der Waals surface area contributed by atoms with E-state index in [9.17, 15) is 4.79 Å². The molecule has 1 aliphatic rings. The highest BCUT2D eigenvalue weighted by atomic mass is 16.6. The summed E-state index contributed by atoms with van der Waals surface area (Å²) in [6, 6.07) is 9.80. The van der Waals surface area contributed by atoms with E-state index < -0.39 is 0 Å². The number of cyclic esters (lactones) is 1. The lowest BCUT2D eigenvalue weighted by Crippen LogP contribution is -2.17. The summed E-state index contributed by atoms with van der Waals surface area (Å²) in [7, 11) is 0. The zero-order valence-electron chi connectivity index (χ0n) is 11.5. The first kappa shape index (κ1) is 14.6. The molecule has 3 heteroatoms. The Bertz CT molecular complexity index is 347. The van der Waals surface area contributed by atoms with Crippen molar-refractivity contribution in [2.24, 2.45) is 5.92 Å². The number of carbonyl (C=O) groups is 1. The maximum absolute atomic E-state index is 10.7. The van der Waals surface area contributed by atoms with Gasteiger partial charge in [-0.25, -0.2) is 4.79 Å². The molecule has 0 unspecified atom stereocenters. The summed E-state index contributed by atoms with van der Waals surface area (Å²) in [5.41, 5.74) is 1.09. The quantitative estimate of drug-likeness (QED) is 0.882. The van der Waals surface area contributed by atoms with Crippen LogP contribution in [-0.4, -0.2) is 12.7 Å². The monoisotopic (exact) mass is 249 g/mol. The second-order valence-electron chi connectivity index (χ2n) is 4.63. The Labute approximate surface area is 110 Å². The van der Waals surface area contributed by atoms with Gasteiger partial charge in [0, 0.05) is 0 Å². The molecule has 0 aromatic heterocycles. The Morgan fingerprint density at radius 1 is 1.28 bits per heavy atom. The fourth-order valence-corrected chi connectivity index (χ4v) is 1.54. The lowest BCUT2D eigenvalue weighted by Gasteiger charge is -2.05. The van der Waals surface area contributed by atoms with E-state index >= 15 is 0 Å². The van der Waals surface area contributed by atoms with Crippen LogP contribution in [0.2, 0.25) is 0 Å². The number of alkyl carbamates (subject to hydrolysis) is 1. The maximum atomic E-state index is 10.7. The maximum Gasteiger partial charge on any atom is 0.407 e. The fraction of sp³-hybridized carbons (Fsp3) is 0.533. The van der Waals surface area contributed by atoms with Crippen molar-refractivity contribution in [2.45, 2.75) is 39.7 Å². The van der Waals surface area contributed by atoms with Crippen molar-refractivity contribution in [1.29, 1.82) is 0 Å². The van der Waals surface area contributed by atoms with Gasteiger partial charge in [-0.05, 0) is 11.5 Å². The molecule has 1 heterocycles. The minimum absolute atomic E-state index is 0.0266. The fourth-order valence-electron chi connectivity index (χ4n) is 1.54. The topological polar surface area (TPSA) is 38.3 Å². The number of nitrogens with one attached hydrogen (secondary N) is 1. The van der Waals surface area contributed by atoms with Gasteiger partial charge in [-0.3, -0.25) is 0 Å². The van der Waals surface area contributed by atoms with Crippen LogP contribution in [0.25, 0.3) is 0 Å². The van der Waals surface area contributed by atoms with Crippen LogP contribution in [0.1, 0.15) is 45.2 Å². The first-order valence-corrected chi connectivity index (χ1v) is 6.65. The average Bonchev–Trinajstić information content (AvgIpc) is 2.86. The van der Waals surface area contributed by atoms with E-state index in [0.29, 0.717) is 6.61 Å². The molecule has 0 bridgehead atoms. The first-order valence-electron chi connectivity index (χ1n) is 6.65. The highest BCUT2D eigenvalue weighted by molar-refractivity contribution is 5.70.